The molecule has 0 radical (unpaired) electrons. The van der Waals surface area contributed by atoms with Crippen molar-refractivity contribution in [2.45, 2.75) is 81.6 Å². The molecule has 2 rings (SSSR count). The summed E-state index contributed by atoms with van der Waals surface area (Å²) in [5.74, 6) is 0.255. The van der Waals surface area contributed by atoms with Crippen LogP contribution in [-0.4, -0.2) is 141 Å². The average molecular weight is 519 g/mol. The highest BCUT2D eigenvalue weighted by Gasteiger charge is 2.49. The Morgan fingerprint density at radius 1 is 0.886 bits per heavy atom. The third kappa shape index (κ3) is 11.8. The highest BCUT2D eigenvalue weighted by atomic mass is 16.7. The number of nitrogens with two attached hydrogens (primary N) is 2. The number of hydrogen-bond donors (Lipinski definition) is 11. The summed E-state index contributed by atoms with van der Waals surface area (Å²) in [6, 6.07) is -2.37. The van der Waals surface area contributed by atoms with E-state index in [9.17, 15) is 25.5 Å². The molecule has 14 nitrogen and oxygen atoms in total. The molecular weight excluding hydrogens is 472 g/mol. The lowest BCUT2D eigenvalue weighted by atomic mass is 9.95. The minimum atomic E-state index is -1.49. The zero-order valence-corrected chi connectivity index (χ0v) is 20.6. The topological polar surface area (TPSA) is 262 Å². The van der Waals surface area contributed by atoms with Crippen molar-refractivity contribution >= 4 is 0 Å². The first kappa shape index (κ1) is 36.3. The van der Waals surface area contributed by atoms with Crippen molar-refractivity contribution in [3.63, 3.8) is 0 Å². The van der Waals surface area contributed by atoms with Gasteiger partial charge < -0.3 is 71.6 Å². The van der Waals surface area contributed by atoms with E-state index in [-0.39, 0.29) is 12.5 Å². The second kappa shape index (κ2) is 20.3. The van der Waals surface area contributed by atoms with Crippen LogP contribution in [0.1, 0.15) is 20.3 Å². The molecule has 11 atom stereocenters. The second-order valence-electron chi connectivity index (χ2n) is 7.82. The van der Waals surface area contributed by atoms with Crippen LogP contribution in [0.4, 0.5) is 0 Å². The summed E-state index contributed by atoms with van der Waals surface area (Å²) in [7, 11) is 1.00. The van der Waals surface area contributed by atoms with Gasteiger partial charge in [0.05, 0.1) is 25.3 Å². The fourth-order valence-electron chi connectivity index (χ4n) is 2.73. The quantitative estimate of drug-likeness (QED) is 0.142. The largest absolute Gasteiger partial charge is 0.400 e. The van der Waals surface area contributed by atoms with Crippen LogP contribution in [-0.2, 0) is 14.2 Å². The number of aliphatic hydroxyl groups is 9. The highest BCUT2D eigenvalue weighted by molar-refractivity contribution is 4.96. The second-order valence-corrected chi connectivity index (χ2v) is 7.82. The van der Waals surface area contributed by atoms with Gasteiger partial charge in [-0.3, -0.25) is 0 Å². The maximum absolute atomic E-state index is 10.1. The Labute approximate surface area is 206 Å². The molecule has 2 fully saturated rings. The lowest BCUT2D eigenvalue weighted by Gasteiger charge is -2.45. The number of aliphatic hydroxyl groups excluding tert-OH is 9. The Bertz CT molecular complexity index is 515. The summed E-state index contributed by atoms with van der Waals surface area (Å²) in [6.45, 7) is 6.67. The molecule has 2 aliphatic heterocycles. The Kier molecular flexibility index (Phi) is 21.0. The Morgan fingerprint density at radius 2 is 1.40 bits per heavy atom. The van der Waals surface area contributed by atoms with Crippen LogP contribution in [0.15, 0.2) is 12.7 Å². The van der Waals surface area contributed by atoms with E-state index in [1.54, 1.807) is 6.08 Å². The van der Waals surface area contributed by atoms with Crippen molar-refractivity contribution in [2.24, 2.45) is 17.4 Å². The highest BCUT2D eigenvalue weighted by Crippen LogP contribution is 2.27. The third-order valence-corrected chi connectivity index (χ3v) is 5.05. The lowest BCUT2D eigenvalue weighted by molar-refractivity contribution is -0.324. The molecule has 0 bridgehead atoms. The Hall–Kier alpha value is -0.820. The van der Waals surface area contributed by atoms with Gasteiger partial charge in [0.15, 0.2) is 12.6 Å². The molecule has 14 heteroatoms. The van der Waals surface area contributed by atoms with Gasteiger partial charge in [0.25, 0.3) is 0 Å². The standard InChI is InChI=1S/C12H24N2O9.C5H10O.C3H8O.CH4O/c13-5-9(19)10(4(2-16)21-11(5)20)23-12-6(14)8(18)7(17)3(1-15)22-12;1-3-5(2)4-6;1-2-3-4;1-2/h3-12,15-20H,1-2,13-14H2;3,5-6H,1,4H2,2H3;4H,2-3H2,1H3;2H,1H3. The van der Waals surface area contributed by atoms with Crippen LogP contribution in [0, 0.1) is 5.92 Å². The van der Waals surface area contributed by atoms with Gasteiger partial charge in [0, 0.05) is 20.3 Å². The van der Waals surface area contributed by atoms with Crippen LogP contribution in [0.2, 0.25) is 0 Å². The molecule has 0 aromatic heterocycles. The van der Waals surface area contributed by atoms with Crippen LogP contribution in [0.25, 0.3) is 0 Å². The Balaban J connectivity index is 0. The molecule has 0 aromatic carbocycles. The van der Waals surface area contributed by atoms with E-state index < -0.39 is 74.5 Å². The van der Waals surface area contributed by atoms with Gasteiger partial charge in [0.1, 0.15) is 36.6 Å². The maximum atomic E-state index is 10.1. The van der Waals surface area contributed by atoms with E-state index in [4.69, 9.17) is 46.1 Å². The van der Waals surface area contributed by atoms with Crippen molar-refractivity contribution in [3.8, 4) is 0 Å². The average Bonchev–Trinajstić information content (AvgIpc) is 2.89. The fourth-order valence-corrected chi connectivity index (χ4v) is 2.73. The Morgan fingerprint density at radius 3 is 1.77 bits per heavy atom. The predicted molar refractivity (Wildman–Crippen MR) is 125 cm³/mol. The van der Waals surface area contributed by atoms with E-state index in [1.165, 1.54) is 0 Å². The molecule has 2 heterocycles. The minimum absolute atomic E-state index is 0.212. The number of ether oxygens (including phenoxy) is 3. The summed E-state index contributed by atoms with van der Waals surface area (Å²) >= 11 is 0. The van der Waals surface area contributed by atoms with Gasteiger partial charge in [-0.15, -0.1) is 6.58 Å². The molecule has 0 amide bonds. The zero-order valence-electron chi connectivity index (χ0n) is 20.6. The molecule has 212 valence electrons. The van der Waals surface area contributed by atoms with Crippen molar-refractivity contribution in [3.05, 3.63) is 12.7 Å². The van der Waals surface area contributed by atoms with Gasteiger partial charge in [-0.2, -0.15) is 0 Å². The molecule has 2 saturated heterocycles. The molecule has 0 aromatic rings. The molecule has 0 spiro atoms. The first-order valence-corrected chi connectivity index (χ1v) is 11.2. The van der Waals surface area contributed by atoms with E-state index >= 15 is 0 Å². The first-order chi connectivity index (χ1) is 16.5. The van der Waals surface area contributed by atoms with E-state index in [2.05, 4.69) is 6.58 Å². The molecule has 0 saturated carbocycles. The van der Waals surface area contributed by atoms with Gasteiger partial charge >= 0.3 is 0 Å². The molecule has 2 aliphatic rings. The summed E-state index contributed by atoms with van der Waals surface area (Å²) in [4.78, 5) is 0. The SMILES string of the molecule is C=CC(C)CO.CCCO.CO.NC1C(OC2C(CO)OC(O)C(N)C2O)OC(CO)C(O)C1O. The van der Waals surface area contributed by atoms with Crippen LogP contribution in [0.5, 0.6) is 0 Å². The predicted octanol–water partition coefficient (Wildman–Crippen LogP) is -4.67. The summed E-state index contributed by atoms with van der Waals surface area (Å²) in [5, 5.41) is 80.8. The third-order valence-electron chi connectivity index (χ3n) is 5.05. The van der Waals surface area contributed by atoms with Crippen LogP contribution < -0.4 is 11.5 Å². The smallest absolute Gasteiger partial charge is 0.176 e. The molecule has 0 aliphatic carbocycles. The first-order valence-electron chi connectivity index (χ1n) is 11.2. The van der Waals surface area contributed by atoms with Gasteiger partial charge in [0.2, 0.25) is 0 Å². The fraction of sp³-hybridized carbons (Fsp3) is 0.905. The minimum Gasteiger partial charge on any atom is -0.400 e. The summed E-state index contributed by atoms with van der Waals surface area (Å²) in [6.07, 6.45) is -7.86. The normalized spacial score (nSPS) is 37.3. The van der Waals surface area contributed by atoms with Gasteiger partial charge in [-0.25, -0.2) is 0 Å². The molecule has 11 unspecified atom stereocenters. The van der Waals surface area contributed by atoms with Crippen molar-refractivity contribution in [2.75, 3.05) is 33.5 Å². The maximum Gasteiger partial charge on any atom is 0.176 e. The van der Waals surface area contributed by atoms with Crippen LogP contribution >= 0.6 is 0 Å². The lowest BCUT2D eigenvalue weighted by Crippen LogP contribution is -2.67. The molecule has 35 heavy (non-hydrogen) atoms. The van der Waals surface area contributed by atoms with Crippen molar-refractivity contribution in [1.82, 2.24) is 0 Å². The van der Waals surface area contributed by atoms with Gasteiger partial charge in [-0.1, -0.05) is 19.9 Å². The van der Waals surface area contributed by atoms with E-state index in [0.717, 1.165) is 13.5 Å². The monoisotopic (exact) mass is 518 g/mol. The van der Waals surface area contributed by atoms with E-state index in [1.807, 2.05) is 13.8 Å². The summed E-state index contributed by atoms with van der Waals surface area (Å²) < 4.78 is 15.8. The molecular formula is C21H46N2O12. The number of hydrogen-bond acceptors (Lipinski definition) is 14. The van der Waals surface area contributed by atoms with Gasteiger partial charge in [-0.05, 0) is 12.3 Å². The molecule has 13 N–H and O–H groups in total. The summed E-state index contributed by atoms with van der Waals surface area (Å²) in [5.41, 5.74) is 11.3. The zero-order chi connectivity index (χ0) is 27.7. The van der Waals surface area contributed by atoms with Crippen molar-refractivity contribution < 1.29 is 60.2 Å². The van der Waals surface area contributed by atoms with Crippen molar-refractivity contribution in [1.29, 1.82) is 0 Å². The van der Waals surface area contributed by atoms with E-state index in [0.29, 0.717) is 6.61 Å². The number of rotatable bonds is 7. The van der Waals surface area contributed by atoms with Crippen LogP contribution in [0.3, 0.4) is 0 Å².